The van der Waals surface area contributed by atoms with Crippen LogP contribution in [-0.2, 0) is 0 Å². The fourth-order valence-corrected chi connectivity index (χ4v) is 3.08. The van der Waals surface area contributed by atoms with E-state index in [1.54, 1.807) is 4.90 Å². The van der Waals surface area contributed by atoms with E-state index < -0.39 is 0 Å². The van der Waals surface area contributed by atoms with E-state index in [2.05, 4.69) is 15.6 Å². The van der Waals surface area contributed by atoms with Gasteiger partial charge in [-0.1, -0.05) is 11.6 Å². The lowest BCUT2D eigenvalue weighted by atomic mass is 9.93. The lowest BCUT2D eigenvalue weighted by Crippen LogP contribution is -2.52. The fraction of sp³-hybridized carbons (Fsp3) is 0.562. The van der Waals surface area contributed by atoms with Crippen LogP contribution in [0.2, 0.25) is 5.15 Å². The first kappa shape index (κ1) is 16.8. The first-order valence-electron chi connectivity index (χ1n) is 8.24. The molecule has 7 nitrogen and oxygen atoms in total. The third-order valence-corrected chi connectivity index (χ3v) is 4.95. The molecule has 2 fully saturated rings. The largest absolute Gasteiger partial charge is 0.504 e. The van der Waals surface area contributed by atoms with Crippen molar-refractivity contribution in [3.05, 3.63) is 23.0 Å². The highest BCUT2D eigenvalue weighted by Crippen LogP contribution is 2.25. The predicted molar refractivity (Wildman–Crippen MR) is 89.1 cm³/mol. The molecular weight excluding hydrogens is 332 g/mol. The molecule has 3 amide bonds. The molecule has 130 valence electrons. The molecule has 24 heavy (non-hydrogen) atoms. The molecule has 3 N–H and O–H groups in total. The lowest BCUT2D eigenvalue weighted by molar-refractivity contribution is 0.0914. The van der Waals surface area contributed by atoms with Gasteiger partial charge in [-0.25, -0.2) is 9.78 Å². The molecule has 3 rings (SSSR count). The molecule has 2 heterocycles. The monoisotopic (exact) mass is 352 g/mol. The summed E-state index contributed by atoms with van der Waals surface area (Å²) < 4.78 is 0. The van der Waals surface area contributed by atoms with Crippen LogP contribution >= 0.6 is 11.6 Å². The van der Waals surface area contributed by atoms with Gasteiger partial charge in [0.05, 0.1) is 5.56 Å². The Morgan fingerprint density at radius 3 is 2.46 bits per heavy atom. The minimum atomic E-state index is -0.380. The summed E-state index contributed by atoms with van der Waals surface area (Å²) in [4.78, 5) is 29.9. The van der Waals surface area contributed by atoms with Crippen LogP contribution in [0.3, 0.4) is 0 Å². The normalized spacial score (nSPS) is 18.8. The second kappa shape index (κ2) is 7.25. The molecule has 0 atom stereocenters. The molecule has 0 aromatic carbocycles. The van der Waals surface area contributed by atoms with Crippen molar-refractivity contribution >= 4 is 23.5 Å². The van der Waals surface area contributed by atoms with Gasteiger partial charge in [0.2, 0.25) is 0 Å². The van der Waals surface area contributed by atoms with E-state index in [1.807, 2.05) is 0 Å². The van der Waals surface area contributed by atoms with E-state index >= 15 is 0 Å². The SMILES string of the molecule is O=C(NC1CCN(C(=O)NC2CCC2)CC1)c1ccnc(Cl)c1O. The van der Waals surface area contributed by atoms with E-state index in [9.17, 15) is 14.7 Å². The molecule has 2 aliphatic rings. The Morgan fingerprint density at radius 1 is 1.17 bits per heavy atom. The van der Waals surface area contributed by atoms with Crippen LogP contribution < -0.4 is 10.6 Å². The summed E-state index contributed by atoms with van der Waals surface area (Å²) in [6, 6.07) is 1.71. The summed E-state index contributed by atoms with van der Waals surface area (Å²) >= 11 is 5.72. The van der Waals surface area contributed by atoms with Gasteiger partial charge in [-0.15, -0.1) is 0 Å². The Kier molecular flexibility index (Phi) is 5.08. The molecule has 1 saturated carbocycles. The number of rotatable bonds is 3. The van der Waals surface area contributed by atoms with Crippen molar-refractivity contribution in [3.63, 3.8) is 0 Å². The van der Waals surface area contributed by atoms with Crippen LogP contribution in [0, 0.1) is 0 Å². The standard InChI is InChI=1S/C16H21ClN4O3/c17-14-13(22)12(4-7-18-14)15(23)19-11-5-8-21(9-6-11)16(24)20-10-2-1-3-10/h4,7,10-11,22H,1-3,5-6,8-9H2,(H,19,23)(H,20,24). The number of hydrogen-bond donors (Lipinski definition) is 3. The van der Waals surface area contributed by atoms with Crippen LogP contribution in [0.15, 0.2) is 12.3 Å². The average Bonchev–Trinajstić information content (AvgIpc) is 2.54. The number of piperidine rings is 1. The minimum Gasteiger partial charge on any atom is -0.504 e. The predicted octanol–water partition coefficient (Wildman–Crippen LogP) is 1.90. The van der Waals surface area contributed by atoms with Gasteiger partial charge in [0, 0.05) is 31.4 Å². The molecule has 1 aromatic rings. The van der Waals surface area contributed by atoms with Gasteiger partial charge >= 0.3 is 6.03 Å². The molecule has 8 heteroatoms. The number of nitrogens with one attached hydrogen (secondary N) is 2. The van der Waals surface area contributed by atoms with E-state index in [0.717, 1.165) is 12.8 Å². The zero-order valence-corrected chi connectivity index (χ0v) is 14.1. The zero-order valence-electron chi connectivity index (χ0n) is 13.3. The van der Waals surface area contributed by atoms with E-state index in [4.69, 9.17) is 11.6 Å². The van der Waals surface area contributed by atoms with Crippen molar-refractivity contribution in [1.82, 2.24) is 20.5 Å². The quantitative estimate of drug-likeness (QED) is 0.724. The van der Waals surface area contributed by atoms with E-state index in [-0.39, 0.29) is 34.4 Å². The van der Waals surface area contributed by atoms with Gasteiger partial charge in [-0.05, 0) is 38.2 Å². The van der Waals surface area contributed by atoms with Crippen molar-refractivity contribution < 1.29 is 14.7 Å². The Morgan fingerprint density at radius 2 is 1.83 bits per heavy atom. The number of amides is 3. The summed E-state index contributed by atoms with van der Waals surface area (Å²) in [5.41, 5.74) is 0.111. The van der Waals surface area contributed by atoms with Gasteiger partial charge in [0.1, 0.15) is 0 Å². The first-order chi connectivity index (χ1) is 11.5. The number of hydrogen-bond acceptors (Lipinski definition) is 4. The fourth-order valence-electron chi connectivity index (χ4n) is 2.92. The van der Waals surface area contributed by atoms with Crippen LogP contribution in [-0.4, -0.2) is 52.1 Å². The van der Waals surface area contributed by atoms with Crippen LogP contribution in [0.5, 0.6) is 5.75 Å². The lowest BCUT2D eigenvalue weighted by Gasteiger charge is -2.35. The molecule has 1 aromatic heterocycles. The van der Waals surface area contributed by atoms with Gasteiger partial charge in [-0.3, -0.25) is 4.79 Å². The summed E-state index contributed by atoms with van der Waals surface area (Å²) in [5.74, 6) is -0.692. The number of carbonyl (C=O) groups excluding carboxylic acids is 2. The number of pyridine rings is 1. The average molecular weight is 353 g/mol. The molecular formula is C16H21ClN4O3. The van der Waals surface area contributed by atoms with Gasteiger partial charge in [0.15, 0.2) is 10.9 Å². The zero-order chi connectivity index (χ0) is 17.1. The maximum absolute atomic E-state index is 12.2. The first-order valence-corrected chi connectivity index (χ1v) is 8.62. The number of likely N-dealkylation sites (tertiary alicyclic amines) is 1. The minimum absolute atomic E-state index is 0.0111. The smallest absolute Gasteiger partial charge is 0.317 e. The Bertz CT molecular complexity index is 628. The van der Waals surface area contributed by atoms with E-state index in [1.165, 1.54) is 18.7 Å². The van der Waals surface area contributed by atoms with Crippen molar-refractivity contribution in [2.75, 3.05) is 13.1 Å². The number of urea groups is 1. The molecule has 1 aliphatic carbocycles. The number of halogens is 1. The second-order valence-electron chi connectivity index (χ2n) is 6.31. The number of nitrogens with zero attached hydrogens (tertiary/aromatic N) is 2. The number of carbonyl (C=O) groups is 2. The van der Waals surface area contributed by atoms with Crippen molar-refractivity contribution in [1.29, 1.82) is 0 Å². The van der Waals surface area contributed by atoms with Gasteiger partial charge in [0.25, 0.3) is 5.91 Å². The third kappa shape index (κ3) is 3.72. The van der Waals surface area contributed by atoms with Crippen molar-refractivity contribution in [2.24, 2.45) is 0 Å². The summed E-state index contributed by atoms with van der Waals surface area (Å²) in [7, 11) is 0. The Labute approximate surface area is 145 Å². The molecule has 1 saturated heterocycles. The third-order valence-electron chi connectivity index (χ3n) is 4.67. The van der Waals surface area contributed by atoms with Crippen LogP contribution in [0.25, 0.3) is 0 Å². The number of aromatic hydroxyl groups is 1. The van der Waals surface area contributed by atoms with Crippen LogP contribution in [0.1, 0.15) is 42.5 Å². The Balaban J connectivity index is 1.49. The maximum atomic E-state index is 12.2. The molecule has 0 spiro atoms. The maximum Gasteiger partial charge on any atom is 0.317 e. The van der Waals surface area contributed by atoms with Crippen molar-refractivity contribution in [3.8, 4) is 5.75 Å². The molecule has 1 aliphatic heterocycles. The topological polar surface area (TPSA) is 94.6 Å². The highest BCUT2D eigenvalue weighted by atomic mass is 35.5. The van der Waals surface area contributed by atoms with Crippen molar-refractivity contribution in [2.45, 2.75) is 44.2 Å². The van der Waals surface area contributed by atoms with E-state index in [0.29, 0.717) is 32.0 Å². The van der Waals surface area contributed by atoms with Gasteiger partial charge in [-0.2, -0.15) is 0 Å². The second-order valence-corrected chi connectivity index (χ2v) is 6.67. The molecule has 0 unspecified atom stereocenters. The highest BCUT2D eigenvalue weighted by Gasteiger charge is 2.27. The van der Waals surface area contributed by atoms with Crippen LogP contribution in [0.4, 0.5) is 4.79 Å². The number of aromatic nitrogens is 1. The summed E-state index contributed by atoms with van der Waals surface area (Å²) in [6.07, 6.45) is 6.06. The molecule has 0 radical (unpaired) electrons. The van der Waals surface area contributed by atoms with Gasteiger partial charge < -0.3 is 20.6 Å². The summed E-state index contributed by atoms with van der Waals surface area (Å²) in [5, 5.41) is 15.6. The Hall–Kier alpha value is -2.02. The summed E-state index contributed by atoms with van der Waals surface area (Å²) in [6.45, 7) is 1.21. The molecule has 0 bridgehead atoms. The highest BCUT2D eigenvalue weighted by molar-refractivity contribution is 6.31.